The standard InChI is InChI=1S/C19H17N2O2/c1-12(22)21-15-9-6-10-17(23-3)18(15)19-16(21)11-13-7-4-5-8-14(13)20(19)2/h4-11H,1-3H3/q+1. The first-order valence-corrected chi connectivity index (χ1v) is 7.53. The Hall–Kier alpha value is -2.88. The highest BCUT2D eigenvalue weighted by Gasteiger charge is 2.24. The molecule has 4 rings (SSSR count). The summed E-state index contributed by atoms with van der Waals surface area (Å²) in [6.45, 7) is 1.59. The fourth-order valence-electron chi connectivity index (χ4n) is 3.47. The lowest BCUT2D eigenvalue weighted by molar-refractivity contribution is -0.616. The predicted molar refractivity (Wildman–Crippen MR) is 91.0 cm³/mol. The zero-order chi connectivity index (χ0) is 16.1. The van der Waals surface area contributed by atoms with Crippen LogP contribution in [0, 0.1) is 0 Å². The van der Waals surface area contributed by atoms with Gasteiger partial charge in [0.1, 0.15) is 23.7 Å². The van der Waals surface area contributed by atoms with Crippen molar-refractivity contribution < 1.29 is 14.1 Å². The maximum Gasteiger partial charge on any atom is 0.243 e. The summed E-state index contributed by atoms with van der Waals surface area (Å²) in [4.78, 5) is 12.3. The average Bonchev–Trinajstić information content (AvgIpc) is 2.89. The van der Waals surface area contributed by atoms with Gasteiger partial charge in [0.25, 0.3) is 0 Å². The minimum absolute atomic E-state index is 0.00599. The number of hydrogen-bond acceptors (Lipinski definition) is 2. The van der Waals surface area contributed by atoms with E-state index < -0.39 is 0 Å². The summed E-state index contributed by atoms with van der Waals surface area (Å²) >= 11 is 0. The summed E-state index contributed by atoms with van der Waals surface area (Å²) in [5.41, 5.74) is 3.90. The first-order valence-electron chi connectivity index (χ1n) is 7.53. The highest BCUT2D eigenvalue weighted by atomic mass is 16.5. The number of aryl methyl sites for hydroxylation is 1. The Balaban J connectivity index is 2.38. The lowest BCUT2D eigenvalue weighted by atomic mass is 10.1. The maximum atomic E-state index is 12.3. The predicted octanol–water partition coefficient (Wildman–Crippen LogP) is 3.44. The topological polar surface area (TPSA) is 35.1 Å². The molecule has 0 aliphatic rings. The van der Waals surface area contributed by atoms with Crippen molar-refractivity contribution in [2.75, 3.05) is 7.11 Å². The van der Waals surface area contributed by atoms with Crippen LogP contribution in [0.4, 0.5) is 0 Å². The summed E-state index contributed by atoms with van der Waals surface area (Å²) in [6.07, 6.45) is 0. The van der Waals surface area contributed by atoms with Gasteiger partial charge in [-0.25, -0.2) is 0 Å². The third kappa shape index (κ3) is 1.78. The van der Waals surface area contributed by atoms with E-state index in [9.17, 15) is 4.79 Å². The Morgan fingerprint density at radius 1 is 1.09 bits per heavy atom. The number of pyridine rings is 1. The van der Waals surface area contributed by atoms with Gasteiger partial charge in [-0.2, -0.15) is 4.57 Å². The second kappa shape index (κ2) is 4.81. The van der Waals surface area contributed by atoms with Crippen LogP contribution in [0.15, 0.2) is 48.5 Å². The number of rotatable bonds is 1. The molecule has 4 nitrogen and oxygen atoms in total. The number of carbonyl (C=O) groups is 1. The molecule has 2 aromatic carbocycles. The Kier molecular flexibility index (Phi) is 2.88. The lowest BCUT2D eigenvalue weighted by Crippen LogP contribution is -2.30. The van der Waals surface area contributed by atoms with Crippen molar-refractivity contribution in [2.45, 2.75) is 6.92 Å². The molecule has 0 aliphatic heterocycles. The molecule has 0 radical (unpaired) electrons. The molecule has 0 fully saturated rings. The highest BCUT2D eigenvalue weighted by Crippen LogP contribution is 2.34. The van der Waals surface area contributed by atoms with Gasteiger partial charge in [0, 0.05) is 18.4 Å². The SMILES string of the molecule is COc1cccc2c1c1c(cc3ccccc3[n+]1C)n2C(C)=O. The van der Waals surface area contributed by atoms with Crippen molar-refractivity contribution in [2.24, 2.45) is 7.05 Å². The van der Waals surface area contributed by atoms with E-state index in [1.54, 1.807) is 18.6 Å². The third-order valence-corrected chi connectivity index (χ3v) is 4.43. The van der Waals surface area contributed by atoms with Gasteiger partial charge < -0.3 is 4.74 Å². The van der Waals surface area contributed by atoms with Crippen LogP contribution in [0.1, 0.15) is 11.7 Å². The number of fused-ring (bicyclic) bond motifs is 4. The maximum absolute atomic E-state index is 12.3. The summed E-state index contributed by atoms with van der Waals surface area (Å²) in [7, 11) is 3.69. The molecule has 0 N–H and O–H groups in total. The van der Waals surface area contributed by atoms with Crippen molar-refractivity contribution in [3.05, 3.63) is 48.5 Å². The zero-order valence-corrected chi connectivity index (χ0v) is 13.3. The summed E-state index contributed by atoms with van der Waals surface area (Å²) < 4.78 is 9.46. The monoisotopic (exact) mass is 305 g/mol. The van der Waals surface area contributed by atoms with Crippen LogP contribution >= 0.6 is 0 Å². The third-order valence-electron chi connectivity index (χ3n) is 4.43. The normalized spacial score (nSPS) is 11.4. The number of benzene rings is 2. The zero-order valence-electron chi connectivity index (χ0n) is 13.3. The van der Waals surface area contributed by atoms with Gasteiger partial charge in [0.2, 0.25) is 16.9 Å². The van der Waals surface area contributed by atoms with Gasteiger partial charge in [0.15, 0.2) is 0 Å². The molecule has 0 bridgehead atoms. The van der Waals surface area contributed by atoms with E-state index in [1.165, 1.54) is 0 Å². The van der Waals surface area contributed by atoms with Crippen LogP contribution < -0.4 is 9.30 Å². The summed E-state index contributed by atoms with van der Waals surface area (Å²) in [5.74, 6) is 0.770. The Morgan fingerprint density at radius 2 is 1.87 bits per heavy atom. The van der Waals surface area contributed by atoms with Gasteiger partial charge in [-0.05, 0) is 24.3 Å². The van der Waals surface area contributed by atoms with Crippen molar-refractivity contribution in [3.8, 4) is 5.75 Å². The molecule has 0 saturated heterocycles. The van der Waals surface area contributed by atoms with Crippen molar-refractivity contribution in [3.63, 3.8) is 0 Å². The van der Waals surface area contributed by atoms with Gasteiger partial charge in [-0.15, -0.1) is 0 Å². The van der Waals surface area contributed by atoms with E-state index >= 15 is 0 Å². The number of ether oxygens (including phenoxy) is 1. The molecule has 0 unspecified atom stereocenters. The van der Waals surface area contributed by atoms with Crippen LogP contribution in [0.3, 0.4) is 0 Å². The lowest BCUT2D eigenvalue weighted by Gasteiger charge is -2.02. The van der Waals surface area contributed by atoms with E-state index in [0.717, 1.165) is 38.6 Å². The molecule has 114 valence electrons. The largest absolute Gasteiger partial charge is 0.496 e. The smallest absolute Gasteiger partial charge is 0.243 e. The van der Waals surface area contributed by atoms with Crippen molar-refractivity contribution in [1.29, 1.82) is 0 Å². The summed E-state index contributed by atoms with van der Waals surface area (Å²) in [5, 5.41) is 2.07. The number of carbonyl (C=O) groups excluding carboxylic acids is 1. The number of methoxy groups -OCH3 is 1. The van der Waals surface area contributed by atoms with Gasteiger partial charge in [-0.3, -0.25) is 9.36 Å². The van der Waals surface area contributed by atoms with Crippen molar-refractivity contribution in [1.82, 2.24) is 4.57 Å². The van der Waals surface area contributed by atoms with Gasteiger partial charge >= 0.3 is 0 Å². The second-order valence-electron chi connectivity index (χ2n) is 5.70. The Labute approximate surface area is 133 Å². The van der Waals surface area contributed by atoms with Crippen LogP contribution in [0.2, 0.25) is 0 Å². The van der Waals surface area contributed by atoms with E-state index in [-0.39, 0.29) is 5.91 Å². The fourth-order valence-corrected chi connectivity index (χ4v) is 3.47. The molecular weight excluding hydrogens is 288 g/mol. The molecule has 0 amide bonds. The number of aromatic nitrogens is 2. The molecule has 0 aliphatic carbocycles. The summed E-state index contributed by atoms with van der Waals surface area (Å²) in [6, 6.07) is 16.1. The molecule has 0 saturated carbocycles. The Morgan fingerprint density at radius 3 is 2.61 bits per heavy atom. The molecule has 23 heavy (non-hydrogen) atoms. The highest BCUT2D eigenvalue weighted by molar-refractivity contribution is 6.14. The quantitative estimate of drug-likeness (QED) is 0.505. The first kappa shape index (κ1) is 13.8. The molecule has 2 heterocycles. The number of para-hydroxylation sites is 1. The Bertz CT molecular complexity index is 1090. The average molecular weight is 305 g/mol. The molecule has 4 heteroatoms. The van der Waals surface area contributed by atoms with Crippen LogP contribution in [0.5, 0.6) is 5.75 Å². The number of nitrogens with zero attached hydrogens (tertiary/aromatic N) is 2. The fraction of sp³-hybridized carbons (Fsp3) is 0.158. The molecular formula is C19H17N2O2+. The van der Waals surface area contributed by atoms with Gasteiger partial charge in [-0.1, -0.05) is 18.2 Å². The van der Waals surface area contributed by atoms with Gasteiger partial charge in [0.05, 0.1) is 12.6 Å². The van der Waals surface area contributed by atoms with Crippen LogP contribution in [-0.2, 0) is 7.05 Å². The number of hydrogen-bond donors (Lipinski definition) is 0. The molecule has 2 aromatic heterocycles. The van der Waals surface area contributed by atoms with Crippen molar-refractivity contribution >= 4 is 38.7 Å². The molecule has 4 aromatic rings. The van der Waals surface area contributed by atoms with E-state index in [4.69, 9.17) is 4.74 Å². The first-order chi connectivity index (χ1) is 11.1. The van der Waals surface area contributed by atoms with E-state index in [1.807, 2.05) is 37.4 Å². The minimum Gasteiger partial charge on any atom is -0.496 e. The minimum atomic E-state index is -0.00599. The van der Waals surface area contributed by atoms with Crippen LogP contribution in [-0.4, -0.2) is 17.6 Å². The van der Waals surface area contributed by atoms with Crippen LogP contribution in [0.25, 0.3) is 32.8 Å². The molecule has 0 spiro atoms. The van der Waals surface area contributed by atoms with E-state index in [2.05, 4.69) is 22.8 Å². The molecule has 0 atom stereocenters. The second-order valence-corrected chi connectivity index (χ2v) is 5.70. The van der Waals surface area contributed by atoms with E-state index in [0.29, 0.717) is 0 Å².